The molecule has 0 nitrogen and oxygen atoms in total. The molecule has 1 aromatic heterocycles. The van der Waals surface area contributed by atoms with Gasteiger partial charge in [-0.3, -0.25) is 0 Å². The molecule has 0 radical (unpaired) electrons. The smallest absolute Gasteiger partial charge is 1.00 e. The summed E-state index contributed by atoms with van der Waals surface area (Å²) in [7, 11) is -0.163. The molecule has 3 rings (SSSR count). The maximum absolute atomic E-state index is 2.52. The largest absolute Gasteiger partial charge is 1.00 e. The molecule has 0 spiro atoms. The molecular formula is C16H16Cl2PTi. The molecule has 0 amide bonds. The van der Waals surface area contributed by atoms with Crippen LogP contribution in [0.2, 0.25) is 0 Å². The summed E-state index contributed by atoms with van der Waals surface area (Å²) >= 11 is 2.27. The van der Waals surface area contributed by atoms with E-state index in [1.165, 1.54) is 26.1 Å². The van der Waals surface area contributed by atoms with E-state index in [1.807, 2.05) is 0 Å². The van der Waals surface area contributed by atoms with Crippen molar-refractivity contribution >= 4 is 17.5 Å². The molecule has 4 heteroatoms. The maximum Gasteiger partial charge on any atom is -1.00 e. The van der Waals surface area contributed by atoms with Gasteiger partial charge in [0.05, 0.1) is 0 Å². The van der Waals surface area contributed by atoms with Gasteiger partial charge >= 0.3 is 122 Å². The van der Waals surface area contributed by atoms with E-state index in [0.717, 1.165) is 0 Å². The minimum Gasteiger partial charge on any atom is -1.00 e. The van der Waals surface area contributed by atoms with Crippen molar-refractivity contribution in [3.63, 3.8) is 0 Å². The molecule has 1 aliphatic rings. The average Bonchev–Trinajstić information content (AvgIpc) is 2.80. The topological polar surface area (TPSA) is 0 Å². The standard InChI is InChI=1S/C16H16P.2ClH.Ti/c1-11-8-13(3)17(10-11)16-12(2)9-14-6-4-5-7-15(14)16;;;/h4-7,9-10,16H,1-3H3;2*1H;/q;;;+2/p-2. The zero-order valence-corrected chi connectivity index (χ0v) is 15.7. The quantitative estimate of drug-likeness (QED) is 0.544. The second kappa shape index (κ2) is 6.86. The van der Waals surface area contributed by atoms with E-state index in [1.54, 1.807) is 5.30 Å². The Morgan fingerprint density at radius 1 is 1.05 bits per heavy atom. The third kappa shape index (κ3) is 2.83. The Hall–Kier alpha value is 0.0343. The zero-order chi connectivity index (χ0) is 12.9. The van der Waals surface area contributed by atoms with Gasteiger partial charge in [-0.25, -0.2) is 0 Å². The monoisotopic (exact) mass is 357 g/mol. The van der Waals surface area contributed by atoms with Crippen molar-refractivity contribution in [2.24, 2.45) is 0 Å². The Bertz CT molecular complexity index is 658. The van der Waals surface area contributed by atoms with Crippen LogP contribution >= 0.6 is 7.53 Å². The molecule has 0 fully saturated rings. The number of rotatable bonds is 1. The second-order valence-electron chi connectivity index (χ2n) is 5.10. The molecule has 0 N–H and O–H groups in total. The summed E-state index contributed by atoms with van der Waals surface area (Å²) < 4.78 is 1.51. The average molecular weight is 358 g/mol. The fourth-order valence-electron chi connectivity index (χ4n) is 2.88. The van der Waals surface area contributed by atoms with Crippen molar-refractivity contribution in [2.75, 3.05) is 0 Å². The number of hydrogen-bond acceptors (Lipinski definition) is 0. The van der Waals surface area contributed by atoms with Gasteiger partial charge in [0, 0.05) is 0 Å². The van der Waals surface area contributed by atoms with Crippen molar-refractivity contribution < 1.29 is 45.2 Å². The van der Waals surface area contributed by atoms with E-state index in [4.69, 9.17) is 0 Å². The SMILES string of the molecule is CC1=Cc2ccccc2C1p1cc(C)[c]([Ti+2])c1C.[Cl-].[Cl-]. The summed E-state index contributed by atoms with van der Waals surface area (Å²) in [5, 5.41) is 1.61. The Balaban J connectivity index is 0.000001000. The van der Waals surface area contributed by atoms with Crippen LogP contribution in [0.1, 0.15) is 34.6 Å². The molecule has 0 saturated heterocycles. The molecule has 1 aromatic carbocycles. The van der Waals surface area contributed by atoms with Gasteiger partial charge < -0.3 is 24.8 Å². The van der Waals surface area contributed by atoms with E-state index in [2.05, 4.69) is 77.3 Å². The number of aryl methyl sites for hydroxylation is 1. The summed E-state index contributed by atoms with van der Waals surface area (Å²) in [5.41, 5.74) is 6.57. The van der Waals surface area contributed by atoms with Crippen LogP contribution in [0, 0.1) is 13.8 Å². The van der Waals surface area contributed by atoms with Gasteiger partial charge in [0.25, 0.3) is 0 Å². The maximum atomic E-state index is 2.52. The summed E-state index contributed by atoms with van der Waals surface area (Å²) in [5.74, 6) is 2.52. The molecule has 2 atom stereocenters. The van der Waals surface area contributed by atoms with Gasteiger partial charge in [0.1, 0.15) is 0 Å². The van der Waals surface area contributed by atoms with Gasteiger partial charge in [-0.1, -0.05) is 0 Å². The number of hydrogen-bond donors (Lipinski definition) is 0. The van der Waals surface area contributed by atoms with Crippen molar-refractivity contribution in [2.45, 2.75) is 26.4 Å². The van der Waals surface area contributed by atoms with Crippen LogP contribution in [0.15, 0.2) is 35.6 Å². The number of fused-ring (bicyclic) bond motifs is 1. The van der Waals surface area contributed by atoms with Crippen LogP contribution in [-0.4, -0.2) is 0 Å². The van der Waals surface area contributed by atoms with Crippen LogP contribution in [-0.2, 0) is 20.4 Å². The molecule has 1 heterocycles. The Labute approximate surface area is 146 Å². The normalized spacial score (nSPS) is 16.9. The van der Waals surface area contributed by atoms with Crippen LogP contribution in [0.25, 0.3) is 6.08 Å². The minimum atomic E-state index is -0.163. The first-order valence-corrected chi connectivity index (χ1v) is 8.52. The molecule has 2 aromatic rings. The van der Waals surface area contributed by atoms with E-state index in [9.17, 15) is 0 Å². The summed E-state index contributed by atoms with van der Waals surface area (Å²) in [6.45, 7) is 6.86. The van der Waals surface area contributed by atoms with Gasteiger partial charge in [-0.05, 0) is 0 Å². The molecule has 1 aliphatic carbocycles. The van der Waals surface area contributed by atoms with E-state index in [0.29, 0.717) is 5.66 Å². The van der Waals surface area contributed by atoms with Gasteiger partial charge in [0.2, 0.25) is 0 Å². The van der Waals surface area contributed by atoms with Crippen molar-refractivity contribution in [3.8, 4) is 0 Å². The van der Waals surface area contributed by atoms with Crippen molar-refractivity contribution in [1.29, 1.82) is 0 Å². The Kier molecular flexibility index (Phi) is 6.21. The van der Waals surface area contributed by atoms with Crippen LogP contribution < -0.4 is 28.7 Å². The third-order valence-corrected chi connectivity index (χ3v) is 8.29. The van der Waals surface area contributed by atoms with Gasteiger partial charge in [-0.15, -0.1) is 0 Å². The van der Waals surface area contributed by atoms with Crippen LogP contribution in [0.5, 0.6) is 0 Å². The Morgan fingerprint density at radius 2 is 1.70 bits per heavy atom. The van der Waals surface area contributed by atoms with E-state index in [-0.39, 0.29) is 32.3 Å². The van der Waals surface area contributed by atoms with Crippen LogP contribution in [0.4, 0.5) is 0 Å². The fraction of sp³-hybridized carbons (Fsp3) is 0.250. The Morgan fingerprint density at radius 3 is 2.30 bits per heavy atom. The molecule has 103 valence electrons. The first-order valence-electron chi connectivity index (χ1n) is 6.26. The molecule has 2 unspecified atom stereocenters. The zero-order valence-electron chi connectivity index (χ0n) is 11.7. The first-order chi connectivity index (χ1) is 8.59. The molecular weight excluding hydrogens is 342 g/mol. The molecule has 0 aliphatic heterocycles. The first kappa shape index (κ1) is 18.1. The summed E-state index contributed by atoms with van der Waals surface area (Å²) in [6, 6.07) is 8.86. The predicted octanol–water partition coefficient (Wildman–Crippen LogP) is -1.52. The molecule has 20 heavy (non-hydrogen) atoms. The minimum absolute atomic E-state index is 0. The van der Waals surface area contributed by atoms with Crippen molar-refractivity contribution in [3.05, 3.63) is 57.6 Å². The van der Waals surface area contributed by atoms with Crippen molar-refractivity contribution in [1.82, 2.24) is 0 Å². The summed E-state index contributed by atoms with van der Waals surface area (Å²) in [4.78, 5) is 0. The predicted molar refractivity (Wildman–Crippen MR) is 76.5 cm³/mol. The van der Waals surface area contributed by atoms with Gasteiger partial charge in [0.15, 0.2) is 0 Å². The fourth-order valence-corrected chi connectivity index (χ4v) is 6.55. The van der Waals surface area contributed by atoms with Gasteiger partial charge in [-0.2, -0.15) is 0 Å². The van der Waals surface area contributed by atoms with E-state index >= 15 is 0 Å². The third-order valence-electron chi connectivity index (χ3n) is 3.86. The number of allylic oxidation sites excluding steroid dienone is 1. The molecule has 0 bridgehead atoms. The number of halogens is 2. The molecule has 0 saturated carbocycles. The second-order valence-corrected chi connectivity index (χ2v) is 8.14. The summed E-state index contributed by atoms with van der Waals surface area (Å²) in [6.07, 6.45) is 2.37. The van der Waals surface area contributed by atoms with E-state index < -0.39 is 0 Å². The van der Waals surface area contributed by atoms with Crippen LogP contribution in [0.3, 0.4) is 0 Å². The number of benzene rings is 1.